The number of hydrogen-bond acceptors (Lipinski definition) is 3. The van der Waals surface area contributed by atoms with Gasteiger partial charge < -0.3 is 10.2 Å². The molecule has 2 aromatic rings. The molecular formula is C16H19BrN2OS. The van der Waals surface area contributed by atoms with Crippen LogP contribution in [0.2, 0.25) is 0 Å². The minimum Gasteiger partial charge on any atom is -0.343 e. The molecule has 112 valence electrons. The van der Waals surface area contributed by atoms with Crippen LogP contribution in [0, 0.1) is 6.92 Å². The number of carbonyl (C=O) groups is 1. The van der Waals surface area contributed by atoms with Gasteiger partial charge in [0.05, 0.1) is 14.7 Å². The third kappa shape index (κ3) is 4.40. The van der Waals surface area contributed by atoms with Crippen LogP contribution in [-0.2, 0) is 0 Å². The Bertz CT molecular complexity index is 590. The summed E-state index contributed by atoms with van der Waals surface area (Å²) in [6, 6.07) is 12.0. The number of halogens is 1. The molecule has 3 nitrogen and oxygen atoms in total. The van der Waals surface area contributed by atoms with Crippen LogP contribution in [0.3, 0.4) is 0 Å². The first-order valence-electron chi connectivity index (χ1n) is 6.74. The van der Waals surface area contributed by atoms with Crippen molar-refractivity contribution in [1.82, 2.24) is 10.2 Å². The van der Waals surface area contributed by atoms with E-state index in [0.717, 1.165) is 26.3 Å². The molecule has 1 unspecified atom stereocenters. The number of rotatable bonds is 5. The summed E-state index contributed by atoms with van der Waals surface area (Å²) < 4.78 is 1.01. The van der Waals surface area contributed by atoms with Crippen LogP contribution in [0.5, 0.6) is 0 Å². The monoisotopic (exact) mass is 366 g/mol. The number of carbonyl (C=O) groups excluding carboxylic acids is 1. The fraction of sp³-hybridized carbons (Fsp3) is 0.312. The smallest absolute Gasteiger partial charge is 0.261 e. The Hall–Kier alpha value is -1.17. The normalized spacial score (nSPS) is 12.4. The zero-order chi connectivity index (χ0) is 15.4. The molecule has 1 atom stereocenters. The van der Waals surface area contributed by atoms with Gasteiger partial charge in [0.15, 0.2) is 0 Å². The van der Waals surface area contributed by atoms with Gasteiger partial charge in [0.2, 0.25) is 0 Å². The highest BCUT2D eigenvalue weighted by molar-refractivity contribution is 9.11. The van der Waals surface area contributed by atoms with Gasteiger partial charge in [-0.15, -0.1) is 11.3 Å². The zero-order valence-electron chi connectivity index (χ0n) is 12.4. The Morgan fingerprint density at radius 3 is 2.52 bits per heavy atom. The van der Waals surface area contributed by atoms with E-state index >= 15 is 0 Å². The Balaban J connectivity index is 2.17. The van der Waals surface area contributed by atoms with E-state index in [0.29, 0.717) is 0 Å². The first kappa shape index (κ1) is 16.2. The van der Waals surface area contributed by atoms with Crippen molar-refractivity contribution in [1.29, 1.82) is 0 Å². The number of amides is 1. The van der Waals surface area contributed by atoms with Crippen LogP contribution < -0.4 is 5.32 Å². The van der Waals surface area contributed by atoms with E-state index in [1.807, 2.05) is 57.4 Å². The second kappa shape index (κ2) is 7.20. The SMILES string of the molecule is Cc1cc(C(=O)NC(CN(C)C)c2ccccc2)sc1Br. The maximum atomic E-state index is 12.4. The van der Waals surface area contributed by atoms with E-state index in [1.54, 1.807) is 0 Å². The molecule has 0 aliphatic carbocycles. The molecular weight excluding hydrogens is 348 g/mol. The van der Waals surface area contributed by atoms with Crippen molar-refractivity contribution in [3.05, 3.63) is 56.2 Å². The lowest BCUT2D eigenvalue weighted by Gasteiger charge is -2.22. The van der Waals surface area contributed by atoms with Crippen molar-refractivity contribution < 1.29 is 4.79 Å². The van der Waals surface area contributed by atoms with Crippen molar-refractivity contribution in [3.8, 4) is 0 Å². The third-order valence-corrected chi connectivity index (χ3v) is 5.27. The summed E-state index contributed by atoms with van der Waals surface area (Å²) in [4.78, 5) is 15.2. The predicted octanol–water partition coefficient (Wildman–Crippen LogP) is 3.85. The minimum absolute atomic E-state index is 0.0186. The van der Waals surface area contributed by atoms with Crippen molar-refractivity contribution >= 4 is 33.2 Å². The van der Waals surface area contributed by atoms with Gasteiger partial charge in [-0.25, -0.2) is 0 Å². The summed E-state index contributed by atoms with van der Waals surface area (Å²) in [5, 5.41) is 3.13. The van der Waals surface area contributed by atoms with E-state index in [1.165, 1.54) is 11.3 Å². The molecule has 0 spiro atoms. The molecule has 0 saturated heterocycles. The van der Waals surface area contributed by atoms with E-state index in [9.17, 15) is 4.79 Å². The molecule has 1 N–H and O–H groups in total. The van der Waals surface area contributed by atoms with E-state index in [4.69, 9.17) is 0 Å². The van der Waals surface area contributed by atoms with Crippen molar-refractivity contribution in [2.24, 2.45) is 0 Å². The van der Waals surface area contributed by atoms with Gasteiger partial charge >= 0.3 is 0 Å². The molecule has 0 saturated carbocycles. The van der Waals surface area contributed by atoms with Crippen LogP contribution in [0.4, 0.5) is 0 Å². The van der Waals surface area contributed by atoms with Gasteiger partial charge in [-0.3, -0.25) is 4.79 Å². The summed E-state index contributed by atoms with van der Waals surface area (Å²) in [5.74, 6) is -0.0236. The molecule has 0 aliphatic heterocycles. The average molecular weight is 367 g/mol. The summed E-state index contributed by atoms with van der Waals surface area (Å²) in [6.45, 7) is 2.76. The molecule has 0 fully saturated rings. The largest absolute Gasteiger partial charge is 0.343 e. The summed E-state index contributed by atoms with van der Waals surface area (Å²) in [6.07, 6.45) is 0. The van der Waals surface area contributed by atoms with Gasteiger partial charge in [0.1, 0.15) is 0 Å². The van der Waals surface area contributed by atoms with Gasteiger partial charge in [-0.05, 0) is 54.1 Å². The predicted molar refractivity (Wildman–Crippen MR) is 92.0 cm³/mol. The molecule has 1 heterocycles. The number of nitrogens with zero attached hydrogens (tertiary/aromatic N) is 1. The zero-order valence-corrected chi connectivity index (χ0v) is 14.8. The van der Waals surface area contributed by atoms with Gasteiger partial charge in [-0.2, -0.15) is 0 Å². The Kier molecular flexibility index (Phi) is 5.56. The fourth-order valence-electron chi connectivity index (χ4n) is 2.09. The van der Waals surface area contributed by atoms with Gasteiger partial charge in [-0.1, -0.05) is 30.3 Å². The molecule has 1 aromatic heterocycles. The summed E-state index contributed by atoms with van der Waals surface area (Å²) in [7, 11) is 4.02. The van der Waals surface area contributed by atoms with Crippen LogP contribution >= 0.6 is 27.3 Å². The van der Waals surface area contributed by atoms with Crippen LogP contribution in [0.25, 0.3) is 0 Å². The number of benzene rings is 1. The van der Waals surface area contributed by atoms with Crippen molar-refractivity contribution in [3.63, 3.8) is 0 Å². The number of hydrogen-bond donors (Lipinski definition) is 1. The summed E-state index contributed by atoms with van der Waals surface area (Å²) >= 11 is 4.94. The number of aryl methyl sites for hydroxylation is 1. The van der Waals surface area contributed by atoms with Crippen LogP contribution in [0.1, 0.15) is 26.8 Å². The first-order valence-corrected chi connectivity index (χ1v) is 8.35. The maximum absolute atomic E-state index is 12.4. The first-order chi connectivity index (χ1) is 9.97. The highest BCUT2D eigenvalue weighted by atomic mass is 79.9. The highest BCUT2D eigenvalue weighted by Crippen LogP contribution is 2.27. The quantitative estimate of drug-likeness (QED) is 0.871. The number of likely N-dealkylation sites (N-methyl/N-ethyl adjacent to an activating group) is 1. The lowest BCUT2D eigenvalue weighted by atomic mass is 10.1. The number of thiophene rings is 1. The number of nitrogens with one attached hydrogen (secondary N) is 1. The second-order valence-electron chi connectivity index (χ2n) is 5.27. The van der Waals surface area contributed by atoms with Gasteiger partial charge in [0, 0.05) is 6.54 Å². The highest BCUT2D eigenvalue weighted by Gasteiger charge is 2.18. The molecule has 0 bridgehead atoms. The fourth-order valence-corrected chi connectivity index (χ4v) is 3.52. The molecule has 1 aromatic carbocycles. The van der Waals surface area contributed by atoms with Crippen molar-refractivity contribution in [2.75, 3.05) is 20.6 Å². The molecule has 1 amide bonds. The van der Waals surface area contributed by atoms with Crippen LogP contribution in [0.15, 0.2) is 40.2 Å². The lowest BCUT2D eigenvalue weighted by molar-refractivity contribution is 0.0934. The summed E-state index contributed by atoms with van der Waals surface area (Å²) in [5.41, 5.74) is 2.21. The Morgan fingerprint density at radius 2 is 2.00 bits per heavy atom. The molecule has 5 heteroatoms. The molecule has 2 rings (SSSR count). The third-order valence-electron chi connectivity index (χ3n) is 3.14. The topological polar surface area (TPSA) is 32.3 Å². The second-order valence-corrected chi connectivity index (χ2v) is 7.64. The lowest BCUT2D eigenvalue weighted by Crippen LogP contribution is -2.34. The van der Waals surface area contributed by atoms with E-state index < -0.39 is 0 Å². The standard InChI is InChI=1S/C16H19BrN2OS/c1-11-9-14(21-15(11)17)16(20)18-13(10-19(2)3)12-7-5-4-6-8-12/h4-9,13H,10H2,1-3H3,(H,18,20). The molecule has 21 heavy (non-hydrogen) atoms. The minimum atomic E-state index is -0.0236. The Morgan fingerprint density at radius 1 is 1.33 bits per heavy atom. The van der Waals surface area contributed by atoms with E-state index in [-0.39, 0.29) is 11.9 Å². The van der Waals surface area contributed by atoms with E-state index in [2.05, 4.69) is 26.1 Å². The Labute approximate surface area is 138 Å². The molecule has 0 aliphatic rings. The van der Waals surface area contributed by atoms with Gasteiger partial charge in [0.25, 0.3) is 5.91 Å². The molecule has 0 radical (unpaired) electrons. The van der Waals surface area contributed by atoms with Crippen molar-refractivity contribution in [2.45, 2.75) is 13.0 Å². The average Bonchev–Trinajstić information content (AvgIpc) is 2.78. The maximum Gasteiger partial charge on any atom is 0.261 e. The van der Waals surface area contributed by atoms with Crippen LogP contribution in [-0.4, -0.2) is 31.4 Å².